The summed E-state index contributed by atoms with van der Waals surface area (Å²) < 4.78 is 10.4. The lowest BCUT2D eigenvalue weighted by Crippen LogP contribution is -2.37. The zero-order valence-corrected chi connectivity index (χ0v) is 10.5. The van der Waals surface area contributed by atoms with Crippen molar-refractivity contribution in [3.63, 3.8) is 0 Å². The summed E-state index contributed by atoms with van der Waals surface area (Å²) in [4.78, 5) is 11.3. The first kappa shape index (κ1) is 13.5. The number of nitrogens with two attached hydrogens (primary N) is 1. The van der Waals surface area contributed by atoms with E-state index in [1.165, 1.54) is 7.11 Å². The third-order valence-corrected chi connectivity index (χ3v) is 2.41. The van der Waals surface area contributed by atoms with Crippen LogP contribution in [-0.4, -0.2) is 25.2 Å². The van der Waals surface area contributed by atoms with Gasteiger partial charge in [0.15, 0.2) is 0 Å². The van der Waals surface area contributed by atoms with Gasteiger partial charge in [0.1, 0.15) is 11.4 Å². The van der Waals surface area contributed by atoms with E-state index in [4.69, 9.17) is 10.5 Å². The maximum absolute atomic E-state index is 11.3. The van der Waals surface area contributed by atoms with Gasteiger partial charge in [0.2, 0.25) is 0 Å². The maximum atomic E-state index is 11.3. The van der Waals surface area contributed by atoms with Crippen molar-refractivity contribution in [2.75, 3.05) is 13.7 Å². The highest BCUT2D eigenvalue weighted by Gasteiger charge is 2.19. The Balaban J connectivity index is 2.88. The van der Waals surface area contributed by atoms with Gasteiger partial charge < -0.3 is 15.2 Å². The fourth-order valence-corrected chi connectivity index (χ4v) is 1.32. The van der Waals surface area contributed by atoms with Crippen molar-refractivity contribution >= 4 is 5.97 Å². The number of carbonyl (C=O) groups excluding carboxylic acids is 1. The van der Waals surface area contributed by atoms with E-state index >= 15 is 0 Å². The highest BCUT2D eigenvalue weighted by molar-refractivity contribution is 5.73. The summed E-state index contributed by atoms with van der Waals surface area (Å²) in [5.74, 6) is 0.389. The van der Waals surface area contributed by atoms with Crippen LogP contribution in [0.15, 0.2) is 24.3 Å². The number of esters is 1. The molecule has 4 nitrogen and oxygen atoms in total. The van der Waals surface area contributed by atoms with Crippen LogP contribution in [0.1, 0.15) is 19.4 Å². The number of carbonyl (C=O) groups is 1. The molecule has 0 unspecified atom stereocenters. The predicted molar refractivity (Wildman–Crippen MR) is 65.9 cm³/mol. The molecule has 0 fully saturated rings. The summed E-state index contributed by atoms with van der Waals surface area (Å²) in [6.07, 6.45) is 0.202. The minimum absolute atomic E-state index is 0.202. The lowest BCUT2D eigenvalue weighted by Gasteiger charge is -2.26. The number of ether oxygens (including phenoxy) is 2. The van der Waals surface area contributed by atoms with E-state index in [9.17, 15) is 4.79 Å². The van der Waals surface area contributed by atoms with E-state index in [-0.39, 0.29) is 12.4 Å². The molecule has 0 atom stereocenters. The van der Waals surface area contributed by atoms with E-state index in [0.29, 0.717) is 12.3 Å². The molecule has 1 aromatic carbocycles. The first-order valence-electron chi connectivity index (χ1n) is 5.52. The number of rotatable bonds is 5. The van der Waals surface area contributed by atoms with Crippen molar-refractivity contribution in [3.05, 3.63) is 29.8 Å². The van der Waals surface area contributed by atoms with Crippen molar-refractivity contribution in [2.45, 2.75) is 25.9 Å². The Bertz CT molecular complexity index is 388. The molecule has 1 rings (SSSR count). The van der Waals surface area contributed by atoms with E-state index in [1.54, 1.807) is 0 Å². The number of methoxy groups -OCH3 is 1. The lowest BCUT2D eigenvalue weighted by molar-refractivity contribution is -0.139. The zero-order valence-electron chi connectivity index (χ0n) is 10.5. The van der Waals surface area contributed by atoms with Crippen molar-refractivity contribution in [2.24, 2.45) is 5.73 Å². The first-order valence-corrected chi connectivity index (χ1v) is 5.52. The SMILES string of the molecule is COC(=O)Cc1ccccc1OC(C)(C)CN. The molecular weight excluding hydrogens is 218 g/mol. The Hall–Kier alpha value is -1.55. The maximum Gasteiger partial charge on any atom is 0.310 e. The fraction of sp³-hybridized carbons (Fsp3) is 0.462. The molecule has 4 heteroatoms. The van der Waals surface area contributed by atoms with Crippen LogP contribution in [0.2, 0.25) is 0 Å². The second-order valence-corrected chi connectivity index (χ2v) is 4.43. The number of para-hydroxylation sites is 1. The molecule has 0 amide bonds. The van der Waals surface area contributed by atoms with Crippen LogP contribution < -0.4 is 10.5 Å². The normalized spacial score (nSPS) is 11.1. The Kier molecular flexibility index (Phi) is 4.52. The zero-order chi connectivity index (χ0) is 12.9. The average molecular weight is 237 g/mol. The topological polar surface area (TPSA) is 61.5 Å². The minimum atomic E-state index is -0.452. The molecule has 0 saturated carbocycles. The fourth-order valence-electron chi connectivity index (χ4n) is 1.32. The summed E-state index contributed by atoms with van der Waals surface area (Å²) >= 11 is 0. The molecular formula is C13H19NO3. The molecule has 0 aliphatic carbocycles. The molecule has 0 aliphatic heterocycles. The molecule has 0 radical (unpaired) electrons. The summed E-state index contributed by atoms with van der Waals surface area (Å²) in [6.45, 7) is 4.21. The molecule has 0 aromatic heterocycles. The molecule has 0 saturated heterocycles. The van der Waals surface area contributed by atoms with Crippen LogP contribution in [-0.2, 0) is 16.0 Å². The summed E-state index contributed by atoms with van der Waals surface area (Å²) in [5.41, 5.74) is 5.97. The van der Waals surface area contributed by atoms with E-state index in [1.807, 2.05) is 38.1 Å². The third-order valence-electron chi connectivity index (χ3n) is 2.41. The monoisotopic (exact) mass is 237 g/mol. The quantitative estimate of drug-likeness (QED) is 0.789. The second kappa shape index (κ2) is 5.68. The van der Waals surface area contributed by atoms with Crippen LogP contribution in [0, 0.1) is 0 Å². The summed E-state index contributed by atoms with van der Waals surface area (Å²) in [7, 11) is 1.37. The van der Waals surface area contributed by atoms with Gasteiger partial charge in [0.25, 0.3) is 0 Å². The van der Waals surface area contributed by atoms with Crippen LogP contribution in [0.4, 0.5) is 0 Å². The smallest absolute Gasteiger partial charge is 0.310 e. The van der Waals surface area contributed by atoms with Crippen LogP contribution in [0.3, 0.4) is 0 Å². The molecule has 0 bridgehead atoms. The number of hydrogen-bond donors (Lipinski definition) is 1. The van der Waals surface area contributed by atoms with Crippen LogP contribution in [0.5, 0.6) is 5.75 Å². The largest absolute Gasteiger partial charge is 0.486 e. The molecule has 94 valence electrons. The van der Waals surface area contributed by atoms with Gasteiger partial charge in [0, 0.05) is 12.1 Å². The molecule has 0 heterocycles. The van der Waals surface area contributed by atoms with Gasteiger partial charge >= 0.3 is 5.97 Å². The Labute approximate surface area is 102 Å². The summed E-state index contributed by atoms with van der Waals surface area (Å²) in [5, 5.41) is 0. The van der Waals surface area contributed by atoms with Crippen molar-refractivity contribution in [1.82, 2.24) is 0 Å². The van der Waals surface area contributed by atoms with Gasteiger partial charge in [0.05, 0.1) is 13.5 Å². The number of benzene rings is 1. The van der Waals surface area contributed by atoms with Gasteiger partial charge in [-0.3, -0.25) is 4.79 Å². The minimum Gasteiger partial charge on any atom is -0.486 e. The standard InChI is InChI=1S/C13H19NO3/c1-13(2,9-14)17-11-7-5-4-6-10(11)8-12(15)16-3/h4-7H,8-9,14H2,1-3H3. The van der Waals surface area contributed by atoms with Gasteiger partial charge in [-0.05, 0) is 19.9 Å². The second-order valence-electron chi connectivity index (χ2n) is 4.43. The van der Waals surface area contributed by atoms with E-state index < -0.39 is 5.60 Å². The highest BCUT2D eigenvalue weighted by Crippen LogP contribution is 2.23. The van der Waals surface area contributed by atoms with Crippen LogP contribution in [0.25, 0.3) is 0 Å². The molecule has 17 heavy (non-hydrogen) atoms. The average Bonchev–Trinajstić information content (AvgIpc) is 2.31. The van der Waals surface area contributed by atoms with Crippen molar-refractivity contribution < 1.29 is 14.3 Å². The third kappa shape index (κ3) is 4.07. The first-order chi connectivity index (χ1) is 7.98. The molecule has 2 N–H and O–H groups in total. The molecule has 0 spiro atoms. The van der Waals surface area contributed by atoms with Gasteiger partial charge in [-0.25, -0.2) is 0 Å². The number of hydrogen-bond acceptors (Lipinski definition) is 4. The van der Waals surface area contributed by atoms with Crippen molar-refractivity contribution in [3.8, 4) is 5.75 Å². The van der Waals surface area contributed by atoms with E-state index in [0.717, 1.165) is 5.56 Å². The van der Waals surface area contributed by atoms with Crippen LogP contribution >= 0.6 is 0 Å². The molecule has 1 aromatic rings. The Morgan fingerprint density at radius 3 is 2.59 bits per heavy atom. The molecule has 0 aliphatic rings. The Morgan fingerprint density at radius 1 is 1.35 bits per heavy atom. The Morgan fingerprint density at radius 2 is 2.00 bits per heavy atom. The lowest BCUT2D eigenvalue weighted by atomic mass is 10.1. The summed E-state index contributed by atoms with van der Waals surface area (Å²) in [6, 6.07) is 7.40. The van der Waals surface area contributed by atoms with Gasteiger partial charge in [-0.15, -0.1) is 0 Å². The predicted octanol–water partition coefficient (Wildman–Crippen LogP) is 1.52. The highest BCUT2D eigenvalue weighted by atomic mass is 16.5. The van der Waals surface area contributed by atoms with Gasteiger partial charge in [-0.2, -0.15) is 0 Å². The van der Waals surface area contributed by atoms with Gasteiger partial charge in [-0.1, -0.05) is 18.2 Å². The van der Waals surface area contributed by atoms with Crippen molar-refractivity contribution in [1.29, 1.82) is 0 Å². The van der Waals surface area contributed by atoms with E-state index in [2.05, 4.69) is 4.74 Å².